The second kappa shape index (κ2) is 9.19. The summed E-state index contributed by atoms with van der Waals surface area (Å²) in [5.74, 6) is 1.91. The van der Waals surface area contributed by atoms with Crippen LogP contribution in [0.3, 0.4) is 0 Å². The number of rotatable bonds is 7. The second-order valence-corrected chi connectivity index (χ2v) is 6.56. The highest BCUT2D eigenvalue weighted by Gasteiger charge is 2.07. The van der Waals surface area contributed by atoms with Crippen LogP contribution in [-0.4, -0.2) is 34.4 Å². The van der Waals surface area contributed by atoms with E-state index in [9.17, 15) is 0 Å². The maximum Gasteiger partial charge on any atom is 0.223 e. The molecule has 0 saturated carbocycles. The monoisotopic (exact) mass is 333 g/mol. The van der Waals surface area contributed by atoms with E-state index in [4.69, 9.17) is 4.52 Å². The average Bonchev–Trinajstić information content (AvgIpc) is 2.96. The molecular formula is C16H23N5OS. The van der Waals surface area contributed by atoms with E-state index in [-0.39, 0.29) is 0 Å². The van der Waals surface area contributed by atoms with Gasteiger partial charge in [-0.05, 0) is 19.1 Å². The van der Waals surface area contributed by atoms with Gasteiger partial charge in [0.2, 0.25) is 5.89 Å². The molecule has 0 aliphatic rings. The van der Waals surface area contributed by atoms with Crippen LogP contribution in [0.5, 0.6) is 0 Å². The lowest BCUT2D eigenvalue weighted by molar-refractivity contribution is 0.387. The summed E-state index contributed by atoms with van der Waals surface area (Å²) in [6.45, 7) is 8.02. The molecule has 0 spiro atoms. The minimum absolute atomic E-state index is 0.396. The lowest BCUT2D eigenvalue weighted by atomic mass is 10.4. The molecule has 0 bridgehead atoms. The van der Waals surface area contributed by atoms with Gasteiger partial charge in [-0.3, -0.25) is 0 Å². The van der Waals surface area contributed by atoms with Crippen molar-refractivity contribution in [3.05, 3.63) is 42.0 Å². The fourth-order valence-corrected chi connectivity index (χ4v) is 2.86. The van der Waals surface area contributed by atoms with E-state index < -0.39 is 0 Å². The SMILES string of the molecule is CCNC(=NCc1noc(C)n1)NCC(C)Sc1ccccc1. The first-order valence-electron chi connectivity index (χ1n) is 7.70. The van der Waals surface area contributed by atoms with Gasteiger partial charge in [0, 0.05) is 30.2 Å². The van der Waals surface area contributed by atoms with Crippen molar-refractivity contribution in [2.75, 3.05) is 13.1 Å². The first-order valence-corrected chi connectivity index (χ1v) is 8.58. The van der Waals surface area contributed by atoms with Crippen molar-refractivity contribution in [3.63, 3.8) is 0 Å². The predicted octanol–water partition coefficient (Wildman–Crippen LogP) is 2.61. The molecule has 0 amide bonds. The number of nitrogens with zero attached hydrogens (tertiary/aromatic N) is 3. The molecule has 0 fully saturated rings. The summed E-state index contributed by atoms with van der Waals surface area (Å²) in [6.07, 6.45) is 0. The predicted molar refractivity (Wildman–Crippen MR) is 93.6 cm³/mol. The van der Waals surface area contributed by atoms with Gasteiger partial charge in [-0.2, -0.15) is 4.98 Å². The number of benzene rings is 1. The number of nitrogens with one attached hydrogen (secondary N) is 2. The number of aryl methyl sites for hydroxylation is 1. The zero-order valence-corrected chi connectivity index (χ0v) is 14.6. The third kappa shape index (κ3) is 6.32. The van der Waals surface area contributed by atoms with Crippen LogP contribution >= 0.6 is 11.8 Å². The Morgan fingerprint density at radius 2 is 2.09 bits per heavy atom. The van der Waals surface area contributed by atoms with Crippen molar-refractivity contribution in [2.45, 2.75) is 37.5 Å². The standard InChI is InChI=1S/C16H23N5OS/c1-4-17-16(19-11-15-20-13(3)22-21-15)18-10-12(2)23-14-8-6-5-7-9-14/h5-9,12H,4,10-11H2,1-3H3,(H2,17,18,19). The molecule has 2 aromatic rings. The van der Waals surface area contributed by atoms with Crippen LogP contribution in [0.1, 0.15) is 25.6 Å². The van der Waals surface area contributed by atoms with E-state index >= 15 is 0 Å². The molecule has 1 unspecified atom stereocenters. The molecule has 7 heteroatoms. The Morgan fingerprint density at radius 1 is 1.30 bits per heavy atom. The van der Waals surface area contributed by atoms with Crippen molar-refractivity contribution >= 4 is 17.7 Å². The van der Waals surface area contributed by atoms with Gasteiger partial charge >= 0.3 is 0 Å². The minimum Gasteiger partial charge on any atom is -0.357 e. The Bertz CT molecular complexity index is 614. The van der Waals surface area contributed by atoms with E-state index in [0.29, 0.717) is 23.5 Å². The zero-order valence-electron chi connectivity index (χ0n) is 13.7. The van der Waals surface area contributed by atoms with Crippen LogP contribution in [0, 0.1) is 6.92 Å². The Hall–Kier alpha value is -2.02. The number of guanidine groups is 1. The van der Waals surface area contributed by atoms with Gasteiger partial charge in [-0.15, -0.1) is 11.8 Å². The fraction of sp³-hybridized carbons (Fsp3) is 0.438. The highest BCUT2D eigenvalue weighted by atomic mass is 32.2. The van der Waals surface area contributed by atoms with Crippen molar-refractivity contribution < 1.29 is 4.52 Å². The second-order valence-electron chi connectivity index (χ2n) is 5.05. The summed E-state index contributed by atoms with van der Waals surface area (Å²) in [4.78, 5) is 9.89. The molecule has 23 heavy (non-hydrogen) atoms. The molecule has 0 aliphatic carbocycles. The summed E-state index contributed by atoms with van der Waals surface area (Å²) < 4.78 is 4.95. The van der Waals surface area contributed by atoms with Crippen molar-refractivity contribution in [2.24, 2.45) is 4.99 Å². The van der Waals surface area contributed by atoms with Crippen LogP contribution < -0.4 is 10.6 Å². The molecule has 2 N–H and O–H groups in total. The van der Waals surface area contributed by atoms with Crippen molar-refractivity contribution in [3.8, 4) is 0 Å². The summed E-state index contributed by atoms with van der Waals surface area (Å²) in [7, 11) is 0. The normalized spacial score (nSPS) is 12.9. The molecule has 1 aromatic heterocycles. The van der Waals surface area contributed by atoms with Gasteiger partial charge in [-0.25, -0.2) is 4.99 Å². The fourth-order valence-electron chi connectivity index (χ4n) is 1.91. The summed E-state index contributed by atoms with van der Waals surface area (Å²) in [5, 5.41) is 10.8. The topological polar surface area (TPSA) is 75.3 Å². The molecule has 1 atom stereocenters. The Kier molecular flexibility index (Phi) is 6.93. The molecule has 0 saturated heterocycles. The van der Waals surface area contributed by atoms with Crippen molar-refractivity contribution in [1.82, 2.24) is 20.8 Å². The number of hydrogen-bond acceptors (Lipinski definition) is 5. The molecule has 0 radical (unpaired) electrons. The minimum atomic E-state index is 0.396. The maximum atomic E-state index is 4.95. The van der Waals surface area contributed by atoms with E-state index in [2.05, 4.69) is 57.0 Å². The van der Waals surface area contributed by atoms with Gasteiger partial charge < -0.3 is 15.2 Å². The van der Waals surface area contributed by atoms with E-state index in [1.807, 2.05) is 24.8 Å². The highest BCUT2D eigenvalue weighted by Crippen LogP contribution is 2.21. The Morgan fingerprint density at radius 3 is 2.74 bits per heavy atom. The lowest BCUT2D eigenvalue weighted by Crippen LogP contribution is -2.40. The average molecular weight is 333 g/mol. The maximum absolute atomic E-state index is 4.95. The molecule has 2 rings (SSSR count). The van der Waals surface area contributed by atoms with Crippen LogP contribution in [0.4, 0.5) is 0 Å². The molecule has 1 heterocycles. The van der Waals surface area contributed by atoms with E-state index in [1.165, 1.54) is 4.90 Å². The Labute approximate surface area is 141 Å². The number of aromatic nitrogens is 2. The lowest BCUT2D eigenvalue weighted by Gasteiger charge is -2.15. The third-order valence-corrected chi connectivity index (χ3v) is 4.04. The first-order chi connectivity index (χ1) is 11.2. The quantitative estimate of drug-likeness (QED) is 0.461. The number of thioether (sulfide) groups is 1. The van der Waals surface area contributed by atoms with Gasteiger partial charge in [0.25, 0.3) is 0 Å². The largest absolute Gasteiger partial charge is 0.357 e. The molecule has 6 nitrogen and oxygen atoms in total. The van der Waals surface area contributed by atoms with Crippen molar-refractivity contribution in [1.29, 1.82) is 0 Å². The number of aliphatic imine (C=N–C) groups is 1. The van der Waals surface area contributed by atoms with Gasteiger partial charge in [0.15, 0.2) is 11.8 Å². The molecular weight excluding hydrogens is 310 g/mol. The first kappa shape index (κ1) is 17.3. The third-order valence-electron chi connectivity index (χ3n) is 2.93. The van der Waals surface area contributed by atoms with E-state index in [1.54, 1.807) is 6.92 Å². The molecule has 124 valence electrons. The van der Waals surface area contributed by atoms with Crippen LogP contribution in [0.15, 0.2) is 44.7 Å². The Balaban J connectivity index is 1.83. The summed E-state index contributed by atoms with van der Waals surface area (Å²) in [5.41, 5.74) is 0. The smallest absolute Gasteiger partial charge is 0.223 e. The number of hydrogen-bond donors (Lipinski definition) is 2. The van der Waals surface area contributed by atoms with Crippen LogP contribution in [-0.2, 0) is 6.54 Å². The van der Waals surface area contributed by atoms with Gasteiger partial charge in [0.1, 0.15) is 6.54 Å². The summed E-state index contributed by atoms with van der Waals surface area (Å²) in [6, 6.07) is 10.4. The van der Waals surface area contributed by atoms with Crippen LogP contribution in [0.2, 0.25) is 0 Å². The van der Waals surface area contributed by atoms with Crippen LogP contribution in [0.25, 0.3) is 0 Å². The molecule has 0 aliphatic heterocycles. The van der Waals surface area contributed by atoms with Gasteiger partial charge in [0.05, 0.1) is 0 Å². The van der Waals surface area contributed by atoms with Gasteiger partial charge in [-0.1, -0.05) is 30.3 Å². The zero-order chi connectivity index (χ0) is 16.5. The highest BCUT2D eigenvalue weighted by molar-refractivity contribution is 8.00. The molecule has 1 aromatic carbocycles. The summed E-state index contributed by atoms with van der Waals surface area (Å²) >= 11 is 1.84. The van der Waals surface area contributed by atoms with E-state index in [0.717, 1.165) is 19.0 Å².